The van der Waals surface area contributed by atoms with E-state index in [1.54, 1.807) is 0 Å². The van der Waals surface area contributed by atoms with E-state index in [4.69, 9.17) is 5.11 Å². The standard InChI is InChI=1S/C14H14N4O8/c1-26-14(21)8-7-16(5-6-19)13(20)11(8)15-12-9(17(22)23)3-2-4-10(12)18(24)25/h2-4,15,19H,5-7H2,1H3. The summed E-state index contributed by atoms with van der Waals surface area (Å²) in [5, 5.41) is 33.8. The first kappa shape index (κ1) is 18.8. The fourth-order valence-electron chi connectivity index (χ4n) is 2.43. The number of nitrogens with zero attached hydrogens (tertiary/aromatic N) is 3. The highest BCUT2D eigenvalue weighted by molar-refractivity contribution is 6.09. The average molecular weight is 366 g/mol. The second-order valence-electron chi connectivity index (χ2n) is 5.11. The van der Waals surface area contributed by atoms with Gasteiger partial charge in [0.2, 0.25) is 0 Å². The van der Waals surface area contributed by atoms with Crippen molar-refractivity contribution in [1.82, 2.24) is 4.90 Å². The number of aliphatic hydroxyl groups is 1. The minimum atomic E-state index is -0.873. The number of carbonyl (C=O) groups is 2. The topological polar surface area (TPSA) is 165 Å². The maximum atomic E-state index is 12.4. The molecule has 0 aromatic heterocycles. The zero-order valence-corrected chi connectivity index (χ0v) is 13.5. The Morgan fingerprint density at radius 1 is 1.31 bits per heavy atom. The SMILES string of the molecule is COC(=O)C1=C(Nc2c([N+](=O)[O-])cccc2[N+](=O)[O-])C(=O)N(CCO)C1. The van der Waals surface area contributed by atoms with E-state index in [9.17, 15) is 29.8 Å². The number of rotatable bonds is 7. The molecule has 12 nitrogen and oxygen atoms in total. The highest BCUT2D eigenvalue weighted by atomic mass is 16.6. The first-order valence-electron chi connectivity index (χ1n) is 7.22. The Labute approximate surface area is 146 Å². The van der Waals surface area contributed by atoms with Crippen molar-refractivity contribution in [2.24, 2.45) is 0 Å². The lowest BCUT2D eigenvalue weighted by molar-refractivity contribution is -0.392. The molecule has 0 fully saturated rings. The van der Waals surface area contributed by atoms with Crippen molar-refractivity contribution in [3.05, 3.63) is 49.7 Å². The van der Waals surface area contributed by atoms with Gasteiger partial charge in [0.05, 0.1) is 35.7 Å². The Morgan fingerprint density at radius 3 is 2.35 bits per heavy atom. The summed E-state index contributed by atoms with van der Waals surface area (Å²) in [4.78, 5) is 46.2. The van der Waals surface area contributed by atoms with Crippen LogP contribution in [0.25, 0.3) is 0 Å². The van der Waals surface area contributed by atoms with Crippen LogP contribution in [0.5, 0.6) is 0 Å². The molecular formula is C14H14N4O8. The maximum Gasteiger partial charge on any atom is 0.337 e. The number of hydrogen-bond donors (Lipinski definition) is 2. The van der Waals surface area contributed by atoms with Crippen LogP contribution in [0.3, 0.4) is 0 Å². The minimum absolute atomic E-state index is 0.0938. The van der Waals surface area contributed by atoms with E-state index in [1.165, 1.54) is 0 Å². The Kier molecular flexibility index (Phi) is 5.47. The number of aliphatic hydroxyl groups excluding tert-OH is 1. The summed E-state index contributed by atoms with van der Waals surface area (Å²) >= 11 is 0. The number of nitro benzene ring substituents is 2. The van der Waals surface area contributed by atoms with E-state index in [1.807, 2.05) is 0 Å². The van der Waals surface area contributed by atoms with E-state index in [2.05, 4.69) is 10.1 Å². The van der Waals surface area contributed by atoms with E-state index in [-0.39, 0.29) is 31.0 Å². The number of para-hydroxylation sites is 1. The third-order valence-corrected chi connectivity index (χ3v) is 3.62. The van der Waals surface area contributed by atoms with E-state index >= 15 is 0 Å². The molecule has 0 aliphatic carbocycles. The molecule has 0 spiro atoms. The van der Waals surface area contributed by atoms with Gasteiger partial charge in [-0.2, -0.15) is 0 Å². The largest absolute Gasteiger partial charge is 0.466 e. The van der Waals surface area contributed by atoms with Crippen LogP contribution in [0, 0.1) is 20.2 Å². The van der Waals surface area contributed by atoms with Crippen LogP contribution in [-0.4, -0.2) is 58.5 Å². The predicted octanol–water partition coefficient (Wildman–Crippen LogP) is 0.176. The van der Waals surface area contributed by atoms with Crippen LogP contribution >= 0.6 is 0 Å². The zero-order valence-electron chi connectivity index (χ0n) is 13.5. The molecule has 0 unspecified atom stereocenters. The molecule has 2 rings (SSSR count). The fourth-order valence-corrected chi connectivity index (χ4v) is 2.43. The molecule has 1 aliphatic rings. The first-order valence-corrected chi connectivity index (χ1v) is 7.22. The summed E-state index contributed by atoms with van der Waals surface area (Å²) in [7, 11) is 1.08. The van der Waals surface area contributed by atoms with Crippen molar-refractivity contribution in [3.63, 3.8) is 0 Å². The third kappa shape index (κ3) is 3.44. The second kappa shape index (κ2) is 7.57. The second-order valence-corrected chi connectivity index (χ2v) is 5.11. The van der Waals surface area contributed by atoms with Crippen molar-refractivity contribution in [2.45, 2.75) is 0 Å². The molecule has 1 amide bonds. The third-order valence-electron chi connectivity index (χ3n) is 3.62. The van der Waals surface area contributed by atoms with Gasteiger partial charge >= 0.3 is 5.97 Å². The number of anilines is 1. The number of β-amino-alcohol motifs (C(OH)–C–C–N with tert-alkyl or cyclic N) is 1. The normalized spacial score (nSPS) is 13.8. The van der Waals surface area contributed by atoms with Gasteiger partial charge in [0.1, 0.15) is 5.70 Å². The van der Waals surface area contributed by atoms with Crippen molar-refractivity contribution in [1.29, 1.82) is 0 Å². The molecule has 0 saturated heterocycles. The van der Waals surface area contributed by atoms with Gasteiger partial charge < -0.3 is 20.1 Å². The molecule has 0 radical (unpaired) electrons. The summed E-state index contributed by atoms with van der Waals surface area (Å²) in [6, 6.07) is 3.18. The number of esters is 1. The smallest absolute Gasteiger partial charge is 0.337 e. The lowest BCUT2D eigenvalue weighted by Gasteiger charge is -2.15. The number of amides is 1. The maximum absolute atomic E-state index is 12.4. The summed E-state index contributed by atoms with van der Waals surface area (Å²) in [6.07, 6.45) is 0. The van der Waals surface area contributed by atoms with Crippen LogP contribution in [0.1, 0.15) is 0 Å². The molecule has 0 saturated carbocycles. The van der Waals surface area contributed by atoms with Gasteiger partial charge in [0, 0.05) is 18.7 Å². The Bertz CT molecular complexity index is 787. The number of hydrogen-bond acceptors (Lipinski definition) is 9. The van der Waals surface area contributed by atoms with Crippen LogP contribution in [0.4, 0.5) is 17.1 Å². The van der Waals surface area contributed by atoms with E-state index in [0.717, 1.165) is 30.2 Å². The molecule has 2 N–H and O–H groups in total. The Hall–Kier alpha value is -3.54. The molecule has 1 aliphatic heterocycles. The lowest BCUT2D eigenvalue weighted by Crippen LogP contribution is -2.31. The average Bonchev–Trinajstić information content (AvgIpc) is 2.90. The number of nitrogens with one attached hydrogen (secondary N) is 1. The molecule has 138 valence electrons. The van der Waals surface area contributed by atoms with Gasteiger partial charge in [-0.3, -0.25) is 25.0 Å². The Balaban J connectivity index is 2.57. The molecule has 1 heterocycles. The molecule has 12 heteroatoms. The van der Waals surface area contributed by atoms with E-state index in [0.29, 0.717) is 0 Å². The van der Waals surface area contributed by atoms with Gasteiger partial charge in [0.25, 0.3) is 17.3 Å². The Morgan fingerprint density at radius 2 is 1.88 bits per heavy atom. The number of nitro groups is 2. The molecular weight excluding hydrogens is 352 g/mol. The molecule has 1 aromatic rings. The van der Waals surface area contributed by atoms with Gasteiger partial charge in [-0.25, -0.2) is 4.79 Å². The van der Waals surface area contributed by atoms with Crippen molar-refractivity contribution in [3.8, 4) is 0 Å². The van der Waals surface area contributed by atoms with Gasteiger partial charge in [-0.05, 0) is 6.07 Å². The first-order chi connectivity index (χ1) is 12.3. The summed E-state index contributed by atoms with van der Waals surface area (Å²) in [6.45, 7) is -0.675. The van der Waals surface area contributed by atoms with Crippen LogP contribution in [-0.2, 0) is 14.3 Å². The number of carbonyl (C=O) groups excluding carboxylic acids is 2. The van der Waals surface area contributed by atoms with Crippen molar-refractivity contribution < 1.29 is 29.3 Å². The number of methoxy groups -OCH3 is 1. The van der Waals surface area contributed by atoms with Gasteiger partial charge in [0.15, 0.2) is 5.69 Å². The highest BCUT2D eigenvalue weighted by Gasteiger charge is 2.37. The molecule has 0 atom stereocenters. The number of benzene rings is 1. The number of ether oxygens (including phenoxy) is 1. The van der Waals surface area contributed by atoms with Crippen LogP contribution < -0.4 is 5.32 Å². The molecule has 26 heavy (non-hydrogen) atoms. The molecule has 1 aromatic carbocycles. The van der Waals surface area contributed by atoms with Crippen LogP contribution in [0.15, 0.2) is 29.5 Å². The fraction of sp³-hybridized carbons (Fsp3) is 0.286. The van der Waals surface area contributed by atoms with Crippen molar-refractivity contribution >= 4 is 28.9 Å². The van der Waals surface area contributed by atoms with Crippen LogP contribution in [0.2, 0.25) is 0 Å². The van der Waals surface area contributed by atoms with Gasteiger partial charge in [-0.15, -0.1) is 0 Å². The summed E-state index contributed by atoms with van der Waals surface area (Å²) < 4.78 is 4.59. The predicted molar refractivity (Wildman–Crippen MR) is 86.1 cm³/mol. The summed E-state index contributed by atoms with van der Waals surface area (Å²) in [5.74, 6) is -1.62. The molecule has 0 bridgehead atoms. The lowest BCUT2D eigenvalue weighted by atomic mass is 10.2. The highest BCUT2D eigenvalue weighted by Crippen LogP contribution is 2.36. The van der Waals surface area contributed by atoms with Gasteiger partial charge in [-0.1, -0.05) is 0 Å². The van der Waals surface area contributed by atoms with E-state index < -0.39 is 38.8 Å². The quantitative estimate of drug-likeness (QED) is 0.389. The monoisotopic (exact) mass is 366 g/mol. The summed E-state index contributed by atoms with van der Waals surface area (Å²) in [5.41, 5.74) is -2.33. The van der Waals surface area contributed by atoms with Crippen molar-refractivity contribution in [2.75, 3.05) is 32.1 Å². The zero-order chi connectivity index (χ0) is 19.4. The minimum Gasteiger partial charge on any atom is -0.466 e.